The Balaban J connectivity index is 2.24. The third-order valence-corrected chi connectivity index (χ3v) is 4.72. The Labute approximate surface area is 128 Å². The molecule has 1 fully saturated rings. The lowest BCUT2D eigenvalue weighted by molar-refractivity contribution is 0.0175. The molecule has 1 atom stereocenters. The van der Waals surface area contributed by atoms with Crippen LogP contribution in [0.1, 0.15) is 31.0 Å². The monoisotopic (exact) mass is 291 g/mol. The van der Waals surface area contributed by atoms with Crippen LogP contribution in [0.4, 0.5) is 0 Å². The second-order valence-corrected chi connectivity index (χ2v) is 6.59. The van der Waals surface area contributed by atoms with Crippen molar-refractivity contribution in [1.82, 2.24) is 9.80 Å². The minimum atomic E-state index is 0.182. The van der Waals surface area contributed by atoms with Crippen LogP contribution in [0.5, 0.6) is 0 Å². The molecular formula is C17H29N3O. The molecule has 4 heteroatoms. The van der Waals surface area contributed by atoms with Gasteiger partial charge in [0.15, 0.2) is 0 Å². The summed E-state index contributed by atoms with van der Waals surface area (Å²) in [6, 6.07) is 8.77. The summed E-state index contributed by atoms with van der Waals surface area (Å²) in [6.45, 7) is 9.05. The molecule has 1 aromatic rings. The van der Waals surface area contributed by atoms with Crippen LogP contribution in [0.3, 0.4) is 0 Å². The lowest BCUT2D eigenvalue weighted by Gasteiger charge is -2.48. The number of methoxy groups -OCH3 is 1. The molecule has 0 radical (unpaired) electrons. The smallest absolute Gasteiger partial charge is 0.0716 e. The van der Waals surface area contributed by atoms with E-state index < -0.39 is 0 Å². The maximum atomic E-state index is 6.13. The van der Waals surface area contributed by atoms with E-state index in [0.29, 0.717) is 13.2 Å². The van der Waals surface area contributed by atoms with Gasteiger partial charge in [0.2, 0.25) is 0 Å². The van der Waals surface area contributed by atoms with Gasteiger partial charge >= 0.3 is 0 Å². The van der Waals surface area contributed by atoms with Crippen molar-refractivity contribution >= 4 is 0 Å². The molecule has 4 nitrogen and oxygen atoms in total. The fraction of sp³-hybridized carbons (Fsp3) is 0.647. The Morgan fingerprint density at radius 2 is 2.00 bits per heavy atom. The van der Waals surface area contributed by atoms with Crippen LogP contribution in [0.15, 0.2) is 24.3 Å². The first-order valence-corrected chi connectivity index (χ1v) is 7.71. The summed E-state index contributed by atoms with van der Waals surface area (Å²) in [5, 5.41) is 0. The molecule has 0 bridgehead atoms. The van der Waals surface area contributed by atoms with Crippen LogP contribution >= 0.6 is 0 Å². The fourth-order valence-electron chi connectivity index (χ4n) is 3.16. The summed E-state index contributed by atoms with van der Waals surface area (Å²) in [7, 11) is 3.95. The summed E-state index contributed by atoms with van der Waals surface area (Å²) in [4.78, 5) is 4.95. The minimum Gasteiger partial charge on any atom is -0.380 e. The maximum absolute atomic E-state index is 6.13. The van der Waals surface area contributed by atoms with Crippen LogP contribution < -0.4 is 5.73 Å². The van der Waals surface area contributed by atoms with E-state index in [-0.39, 0.29) is 11.6 Å². The summed E-state index contributed by atoms with van der Waals surface area (Å²) >= 11 is 0. The van der Waals surface area contributed by atoms with Gasteiger partial charge in [0.1, 0.15) is 0 Å². The number of piperazine rings is 1. The Morgan fingerprint density at radius 1 is 1.29 bits per heavy atom. The first kappa shape index (κ1) is 16.4. The fourth-order valence-corrected chi connectivity index (χ4v) is 3.16. The van der Waals surface area contributed by atoms with E-state index in [1.165, 1.54) is 11.1 Å². The van der Waals surface area contributed by atoms with Crippen molar-refractivity contribution in [1.29, 1.82) is 0 Å². The van der Waals surface area contributed by atoms with Gasteiger partial charge in [-0.2, -0.15) is 0 Å². The molecule has 0 saturated carbocycles. The molecule has 1 heterocycles. The quantitative estimate of drug-likeness (QED) is 0.899. The molecule has 1 aliphatic heterocycles. The topological polar surface area (TPSA) is 41.7 Å². The van der Waals surface area contributed by atoms with Gasteiger partial charge in [-0.3, -0.25) is 9.80 Å². The molecule has 21 heavy (non-hydrogen) atoms. The lowest BCUT2D eigenvalue weighted by Crippen LogP contribution is -2.58. The van der Waals surface area contributed by atoms with Crippen LogP contribution in [-0.4, -0.2) is 55.7 Å². The summed E-state index contributed by atoms with van der Waals surface area (Å²) in [6.07, 6.45) is 0. The standard InChI is InChI=1S/C17H29N3O/c1-17(2)13-20(10-9-19(17)3)16(11-18)15-8-6-5-7-14(15)12-21-4/h5-8,16H,9-13,18H2,1-4H3. The summed E-state index contributed by atoms with van der Waals surface area (Å²) < 4.78 is 5.34. The van der Waals surface area contributed by atoms with Crippen molar-refractivity contribution in [2.24, 2.45) is 5.73 Å². The first-order chi connectivity index (χ1) is 9.99. The molecule has 1 unspecified atom stereocenters. The van der Waals surface area contributed by atoms with Crippen LogP contribution in [0.25, 0.3) is 0 Å². The molecule has 0 amide bonds. The predicted octanol–water partition coefficient (Wildman–Crippen LogP) is 1.86. The van der Waals surface area contributed by atoms with Crippen molar-refractivity contribution in [3.63, 3.8) is 0 Å². The summed E-state index contributed by atoms with van der Waals surface area (Å²) in [5.41, 5.74) is 8.86. The molecular weight excluding hydrogens is 262 g/mol. The van der Waals surface area contributed by atoms with Gasteiger partial charge in [0.25, 0.3) is 0 Å². The number of likely N-dealkylation sites (N-methyl/N-ethyl adjacent to an activating group) is 1. The lowest BCUT2D eigenvalue weighted by atomic mass is 9.94. The van der Waals surface area contributed by atoms with Crippen LogP contribution in [0, 0.1) is 0 Å². The van der Waals surface area contributed by atoms with E-state index in [4.69, 9.17) is 10.5 Å². The molecule has 1 aromatic carbocycles. The first-order valence-electron chi connectivity index (χ1n) is 7.71. The van der Waals surface area contributed by atoms with Gasteiger partial charge in [-0.1, -0.05) is 24.3 Å². The van der Waals surface area contributed by atoms with Crippen molar-refractivity contribution in [2.75, 3.05) is 40.3 Å². The van der Waals surface area contributed by atoms with E-state index in [1.54, 1.807) is 7.11 Å². The number of benzene rings is 1. The predicted molar refractivity (Wildman–Crippen MR) is 87.2 cm³/mol. The molecule has 118 valence electrons. The average Bonchev–Trinajstić information content (AvgIpc) is 2.45. The Hall–Kier alpha value is -0.940. The molecule has 0 aliphatic carbocycles. The van der Waals surface area contributed by atoms with E-state index in [2.05, 4.69) is 55.0 Å². The molecule has 2 rings (SSSR count). The third-order valence-electron chi connectivity index (χ3n) is 4.72. The number of nitrogens with zero attached hydrogens (tertiary/aromatic N) is 2. The molecule has 0 aromatic heterocycles. The Bertz CT molecular complexity index is 461. The number of ether oxygens (including phenoxy) is 1. The SMILES string of the molecule is COCc1ccccc1C(CN)N1CCN(C)C(C)(C)C1. The highest BCUT2D eigenvalue weighted by atomic mass is 16.5. The minimum absolute atomic E-state index is 0.182. The van der Waals surface area contributed by atoms with Gasteiger partial charge in [0.05, 0.1) is 6.61 Å². The van der Waals surface area contributed by atoms with Gasteiger partial charge in [0, 0.05) is 44.9 Å². The number of hydrogen-bond acceptors (Lipinski definition) is 4. The molecule has 0 spiro atoms. The van der Waals surface area contributed by atoms with E-state index in [0.717, 1.165) is 19.6 Å². The number of rotatable bonds is 5. The average molecular weight is 291 g/mol. The largest absolute Gasteiger partial charge is 0.380 e. The van der Waals surface area contributed by atoms with Gasteiger partial charge in [-0.15, -0.1) is 0 Å². The highest BCUT2D eigenvalue weighted by Crippen LogP contribution is 2.29. The second-order valence-electron chi connectivity index (χ2n) is 6.59. The van der Waals surface area contributed by atoms with E-state index in [9.17, 15) is 0 Å². The highest BCUT2D eigenvalue weighted by molar-refractivity contribution is 5.30. The molecule has 2 N–H and O–H groups in total. The Kier molecular flexibility index (Phi) is 5.38. The van der Waals surface area contributed by atoms with E-state index >= 15 is 0 Å². The zero-order chi connectivity index (χ0) is 15.5. The zero-order valence-electron chi connectivity index (χ0n) is 13.8. The van der Waals surface area contributed by atoms with Crippen molar-refractivity contribution in [3.05, 3.63) is 35.4 Å². The zero-order valence-corrected chi connectivity index (χ0v) is 13.8. The Morgan fingerprint density at radius 3 is 2.62 bits per heavy atom. The van der Waals surface area contributed by atoms with Crippen LogP contribution in [0.2, 0.25) is 0 Å². The van der Waals surface area contributed by atoms with Gasteiger partial charge < -0.3 is 10.5 Å². The van der Waals surface area contributed by atoms with Gasteiger partial charge in [-0.05, 0) is 32.0 Å². The van der Waals surface area contributed by atoms with Crippen LogP contribution in [-0.2, 0) is 11.3 Å². The van der Waals surface area contributed by atoms with Crippen molar-refractivity contribution < 1.29 is 4.74 Å². The summed E-state index contributed by atoms with van der Waals surface area (Å²) in [5.74, 6) is 0. The number of hydrogen-bond donors (Lipinski definition) is 1. The third kappa shape index (κ3) is 3.64. The van der Waals surface area contributed by atoms with Crippen molar-refractivity contribution in [3.8, 4) is 0 Å². The van der Waals surface area contributed by atoms with Crippen molar-refractivity contribution in [2.45, 2.75) is 32.0 Å². The normalized spacial score (nSPS) is 21.4. The number of nitrogens with two attached hydrogens (primary N) is 1. The maximum Gasteiger partial charge on any atom is 0.0716 e. The highest BCUT2D eigenvalue weighted by Gasteiger charge is 2.34. The molecule has 1 aliphatic rings. The van der Waals surface area contributed by atoms with Gasteiger partial charge in [-0.25, -0.2) is 0 Å². The van der Waals surface area contributed by atoms with E-state index in [1.807, 2.05) is 0 Å². The molecule has 1 saturated heterocycles. The second kappa shape index (κ2) is 6.88.